The Labute approximate surface area is 111 Å². The largest absolute Gasteiger partial charge is 0.314 e. The van der Waals surface area contributed by atoms with Gasteiger partial charge >= 0.3 is 0 Å². The van der Waals surface area contributed by atoms with Crippen LogP contribution < -0.4 is 5.32 Å². The predicted octanol–water partition coefficient (Wildman–Crippen LogP) is 2.42. The van der Waals surface area contributed by atoms with Gasteiger partial charge in [-0.05, 0) is 45.0 Å². The Bertz CT molecular complexity index is 359. The Balaban J connectivity index is 1.85. The summed E-state index contributed by atoms with van der Waals surface area (Å²) in [6, 6.07) is 6.32. The first kappa shape index (κ1) is 13.5. The van der Waals surface area contributed by atoms with Gasteiger partial charge in [0.15, 0.2) is 0 Å². The molecule has 1 aliphatic rings. The Hall–Kier alpha value is -0.930. The highest BCUT2D eigenvalue weighted by atomic mass is 15.1. The second kappa shape index (κ2) is 6.86. The van der Waals surface area contributed by atoms with E-state index >= 15 is 0 Å². The molecule has 1 aromatic rings. The van der Waals surface area contributed by atoms with Gasteiger partial charge in [0.25, 0.3) is 0 Å². The zero-order valence-electron chi connectivity index (χ0n) is 11.7. The van der Waals surface area contributed by atoms with Gasteiger partial charge in [-0.1, -0.05) is 18.9 Å². The third-order valence-electron chi connectivity index (χ3n) is 3.70. The van der Waals surface area contributed by atoms with Crippen molar-refractivity contribution >= 4 is 0 Å². The summed E-state index contributed by atoms with van der Waals surface area (Å²) in [5.41, 5.74) is 2.31. The monoisotopic (exact) mass is 247 g/mol. The predicted molar refractivity (Wildman–Crippen MR) is 75.3 cm³/mol. The average Bonchev–Trinajstić information content (AvgIpc) is 2.82. The average molecular weight is 247 g/mol. The summed E-state index contributed by atoms with van der Waals surface area (Å²) in [5.74, 6) is 0.912. The summed E-state index contributed by atoms with van der Waals surface area (Å²) in [7, 11) is 4.17. The van der Waals surface area contributed by atoms with Crippen LogP contribution in [0.4, 0.5) is 0 Å². The van der Waals surface area contributed by atoms with Crippen molar-refractivity contribution in [1.82, 2.24) is 15.2 Å². The van der Waals surface area contributed by atoms with Gasteiger partial charge in [-0.3, -0.25) is 4.98 Å². The van der Waals surface area contributed by atoms with Crippen LogP contribution in [0, 0.1) is 5.92 Å². The molecule has 0 amide bonds. The molecule has 1 N–H and O–H groups in total. The smallest absolute Gasteiger partial charge is 0.0547 e. The Morgan fingerprint density at radius 2 is 2.00 bits per heavy atom. The van der Waals surface area contributed by atoms with Crippen LogP contribution in [0.3, 0.4) is 0 Å². The van der Waals surface area contributed by atoms with E-state index in [4.69, 9.17) is 0 Å². The van der Waals surface area contributed by atoms with Crippen LogP contribution in [0.25, 0.3) is 0 Å². The number of nitrogens with zero attached hydrogens (tertiary/aromatic N) is 2. The highest BCUT2D eigenvalue weighted by Gasteiger charge is 2.16. The molecule has 0 aromatic carbocycles. The van der Waals surface area contributed by atoms with Crippen molar-refractivity contribution in [3.63, 3.8) is 0 Å². The van der Waals surface area contributed by atoms with Crippen LogP contribution in [0.1, 0.15) is 37.1 Å². The second-order valence-electron chi connectivity index (χ2n) is 5.50. The van der Waals surface area contributed by atoms with Crippen molar-refractivity contribution in [3.8, 4) is 0 Å². The van der Waals surface area contributed by atoms with Crippen molar-refractivity contribution in [2.24, 2.45) is 5.92 Å². The summed E-state index contributed by atoms with van der Waals surface area (Å²) >= 11 is 0. The van der Waals surface area contributed by atoms with Gasteiger partial charge in [0.05, 0.1) is 11.4 Å². The van der Waals surface area contributed by atoms with E-state index < -0.39 is 0 Å². The van der Waals surface area contributed by atoms with Crippen molar-refractivity contribution in [3.05, 3.63) is 29.6 Å². The Kier molecular flexibility index (Phi) is 5.14. The van der Waals surface area contributed by atoms with Gasteiger partial charge in [0.2, 0.25) is 0 Å². The fourth-order valence-corrected chi connectivity index (χ4v) is 2.87. The van der Waals surface area contributed by atoms with E-state index in [-0.39, 0.29) is 0 Å². The van der Waals surface area contributed by atoms with E-state index in [0.29, 0.717) is 0 Å². The minimum absolute atomic E-state index is 0.847. The molecule has 1 aromatic heterocycles. The maximum atomic E-state index is 4.67. The van der Waals surface area contributed by atoms with Gasteiger partial charge in [-0.2, -0.15) is 0 Å². The number of rotatable bonds is 6. The van der Waals surface area contributed by atoms with Crippen molar-refractivity contribution in [1.29, 1.82) is 0 Å². The number of nitrogens with one attached hydrogen (secondary N) is 1. The fraction of sp³-hybridized carbons (Fsp3) is 0.667. The lowest BCUT2D eigenvalue weighted by molar-refractivity contribution is 0.268. The molecule has 3 nitrogen and oxygen atoms in total. The SMILES string of the molecule is CNCc1cccc(CN(C)CC2CCCC2)n1. The van der Waals surface area contributed by atoms with Crippen molar-refractivity contribution in [2.45, 2.75) is 38.8 Å². The van der Waals surface area contributed by atoms with Gasteiger partial charge in [-0.25, -0.2) is 0 Å². The molecule has 3 heteroatoms. The van der Waals surface area contributed by atoms with Gasteiger partial charge in [-0.15, -0.1) is 0 Å². The lowest BCUT2D eigenvalue weighted by atomic mass is 10.1. The second-order valence-corrected chi connectivity index (χ2v) is 5.50. The Morgan fingerprint density at radius 1 is 1.28 bits per heavy atom. The van der Waals surface area contributed by atoms with E-state index in [1.54, 1.807) is 0 Å². The lowest BCUT2D eigenvalue weighted by Gasteiger charge is -2.20. The molecule has 0 unspecified atom stereocenters. The van der Waals surface area contributed by atoms with Gasteiger partial charge in [0.1, 0.15) is 0 Å². The number of aromatic nitrogens is 1. The molecule has 100 valence electrons. The van der Waals surface area contributed by atoms with Crippen LogP contribution in [-0.4, -0.2) is 30.5 Å². The molecule has 0 saturated heterocycles. The molecular weight excluding hydrogens is 222 g/mol. The quantitative estimate of drug-likeness (QED) is 0.837. The highest BCUT2D eigenvalue weighted by Crippen LogP contribution is 2.25. The van der Waals surface area contributed by atoms with Crippen molar-refractivity contribution < 1.29 is 0 Å². The molecule has 2 rings (SSSR count). The third kappa shape index (κ3) is 4.07. The van der Waals surface area contributed by atoms with E-state index in [1.807, 2.05) is 7.05 Å². The minimum atomic E-state index is 0.847. The molecule has 1 saturated carbocycles. The van der Waals surface area contributed by atoms with E-state index in [0.717, 1.165) is 24.7 Å². The standard InChI is InChI=1S/C15H25N3/c1-16-10-14-8-5-9-15(17-14)12-18(2)11-13-6-3-4-7-13/h5,8-9,13,16H,3-4,6-7,10-12H2,1-2H3. The molecule has 0 aliphatic heterocycles. The highest BCUT2D eigenvalue weighted by molar-refractivity contribution is 5.11. The summed E-state index contributed by atoms with van der Waals surface area (Å²) < 4.78 is 0. The van der Waals surface area contributed by atoms with Gasteiger partial charge in [0, 0.05) is 19.6 Å². The van der Waals surface area contributed by atoms with Gasteiger partial charge < -0.3 is 10.2 Å². The zero-order chi connectivity index (χ0) is 12.8. The first-order valence-electron chi connectivity index (χ1n) is 7.06. The summed E-state index contributed by atoms with van der Waals surface area (Å²) in [6.45, 7) is 3.03. The van der Waals surface area contributed by atoms with Crippen LogP contribution in [0.15, 0.2) is 18.2 Å². The van der Waals surface area contributed by atoms with Crippen LogP contribution >= 0.6 is 0 Å². The molecule has 18 heavy (non-hydrogen) atoms. The molecule has 0 bridgehead atoms. The first-order valence-corrected chi connectivity index (χ1v) is 7.06. The van der Waals surface area contributed by atoms with Crippen LogP contribution in [0.5, 0.6) is 0 Å². The molecule has 0 atom stereocenters. The van der Waals surface area contributed by atoms with E-state index in [2.05, 4.69) is 40.4 Å². The molecule has 1 fully saturated rings. The lowest BCUT2D eigenvalue weighted by Crippen LogP contribution is -2.24. The third-order valence-corrected chi connectivity index (χ3v) is 3.70. The molecule has 1 aliphatic carbocycles. The topological polar surface area (TPSA) is 28.2 Å². The first-order chi connectivity index (χ1) is 8.78. The number of pyridine rings is 1. The van der Waals surface area contributed by atoms with Crippen LogP contribution in [0.2, 0.25) is 0 Å². The summed E-state index contributed by atoms with van der Waals surface area (Å²) in [5, 5.41) is 3.15. The summed E-state index contributed by atoms with van der Waals surface area (Å²) in [6.07, 6.45) is 5.68. The molecular formula is C15H25N3. The normalized spacial score (nSPS) is 16.6. The number of hydrogen-bond donors (Lipinski definition) is 1. The maximum Gasteiger partial charge on any atom is 0.0547 e. The Morgan fingerprint density at radius 3 is 2.72 bits per heavy atom. The van der Waals surface area contributed by atoms with E-state index in [9.17, 15) is 0 Å². The molecule has 1 heterocycles. The molecule has 0 spiro atoms. The van der Waals surface area contributed by atoms with Crippen LogP contribution in [-0.2, 0) is 13.1 Å². The maximum absolute atomic E-state index is 4.67. The summed E-state index contributed by atoms with van der Waals surface area (Å²) in [4.78, 5) is 7.09. The number of hydrogen-bond acceptors (Lipinski definition) is 3. The van der Waals surface area contributed by atoms with Crippen molar-refractivity contribution in [2.75, 3.05) is 20.6 Å². The zero-order valence-corrected chi connectivity index (χ0v) is 11.7. The fourth-order valence-electron chi connectivity index (χ4n) is 2.87. The molecule has 0 radical (unpaired) electrons. The minimum Gasteiger partial charge on any atom is -0.314 e. The van der Waals surface area contributed by atoms with E-state index in [1.165, 1.54) is 37.9 Å².